The van der Waals surface area contributed by atoms with Crippen LogP contribution in [-0.2, 0) is 23.8 Å². The third kappa shape index (κ3) is 19.4. The molecule has 7 heteroatoms. The van der Waals surface area contributed by atoms with Crippen LogP contribution < -0.4 is 0 Å². The van der Waals surface area contributed by atoms with Crippen LogP contribution in [0.15, 0.2) is 0 Å². The Morgan fingerprint density at radius 1 is 0.738 bits per heavy atom. The Bertz CT molecular complexity index is 703. The van der Waals surface area contributed by atoms with Crippen molar-refractivity contribution >= 4 is 18.0 Å². The fraction of sp³-hybridized carbons (Fsp3) is 0.914. The van der Waals surface area contributed by atoms with Crippen LogP contribution in [0.2, 0.25) is 0 Å². The molecule has 0 aromatic carbocycles. The van der Waals surface area contributed by atoms with Crippen LogP contribution >= 0.6 is 0 Å². The lowest BCUT2D eigenvalue weighted by molar-refractivity contribution is -0.150. The van der Waals surface area contributed by atoms with Crippen LogP contribution in [0.25, 0.3) is 0 Å². The maximum absolute atomic E-state index is 12.6. The fourth-order valence-electron chi connectivity index (χ4n) is 5.53. The molecule has 1 amide bonds. The number of hydrogen-bond donors (Lipinski definition) is 0. The third-order valence-corrected chi connectivity index (χ3v) is 7.98. The zero-order chi connectivity index (χ0) is 31.1. The predicted molar refractivity (Wildman–Crippen MR) is 170 cm³/mol. The first kappa shape index (κ1) is 38.2. The van der Waals surface area contributed by atoms with Crippen molar-refractivity contribution in [2.45, 2.75) is 194 Å². The van der Waals surface area contributed by atoms with Gasteiger partial charge in [-0.25, -0.2) is 9.59 Å². The first-order valence-corrected chi connectivity index (χ1v) is 17.5. The summed E-state index contributed by atoms with van der Waals surface area (Å²) in [5.41, 5.74) is -0.590. The molecule has 0 spiro atoms. The fourth-order valence-corrected chi connectivity index (χ4v) is 5.53. The molecule has 1 atom stereocenters. The van der Waals surface area contributed by atoms with Crippen LogP contribution in [0.4, 0.5) is 4.79 Å². The maximum Gasteiger partial charge on any atom is 0.411 e. The summed E-state index contributed by atoms with van der Waals surface area (Å²) in [6.07, 6.45) is 23.2. The summed E-state index contributed by atoms with van der Waals surface area (Å²) in [6, 6.07) is -0.545. The maximum atomic E-state index is 12.6. The minimum atomic E-state index is -0.590. The third-order valence-electron chi connectivity index (χ3n) is 7.98. The Hall–Kier alpha value is -1.79. The molecule has 1 fully saturated rings. The van der Waals surface area contributed by atoms with Crippen molar-refractivity contribution in [2.24, 2.45) is 0 Å². The Kier molecular flexibility index (Phi) is 21.5. The molecule has 0 radical (unpaired) electrons. The normalized spacial score (nSPS) is 15.3. The average Bonchev–Trinajstić information content (AvgIpc) is 3.43. The van der Waals surface area contributed by atoms with Gasteiger partial charge in [0.2, 0.25) is 0 Å². The number of carbonyl (C=O) groups excluding carboxylic acids is 3. The van der Waals surface area contributed by atoms with Gasteiger partial charge in [-0.1, -0.05) is 97.3 Å². The predicted octanol–water partition coefficient (Wildman–Crippen LogP) is 9.68. The summed E-state index contributed by atoms with van der Waals surface area (Å²) in [5, 5.41) is 0. The Balaban J connectivity index is 2.21. The quantitative estimate of drug-likeness (QED) is 0.0627. The topological polar surface area (TPSA) is 82.1 Å². The highest BCUT2D eigenvalue weighted by Gasteiger charge is 2.37. The van der Waals surface area contributed by atoms with Crippen LogP contribution in [-0.4, -0.2) is 53.8 Å². The van der Waals surface area contributed by atoms with Crippen LogP contribution in [0.3, 0.4) is 0 Å². The van der Waals surface area contributed by atoms with Crippen LogP contribution in [0, 0.1) is 0 Å². The van der Waals surface area contributed by atoms with E-state index in [4.69, 9.17) is 14.2 Å². The lowest BCUT2D eigenvalue weighted by Crippen LogP contribution is -2.44. The number of unbranched alkanes of at least 4 members (excludes halogenated alkanes) is 14. The van der Waals surface area contributed by atoms with Gasteiger partial charge in [-0.2, -0.15) is 0 Å². The number of carbonyl (C=O) groups is 3. The number of esters is 2. The van der Waals surface area contributed by atoms with E-state index in [1.54, 1.807) is 0 Å². The molecule has 0 saturated carbocycles. The van der Waals surface area contributed by atoms with Crippen molar-refractivity contribution in [1.82, 2.24) is 4.90 Å². The van der Waals surface area contributed by atoms with Gasteiger partial charge in [0, 0.05) is 13.0 Å². The SMILES string of the molecule is CCCCCCCCC(CCCCCCCC)OC(=O)CCCCCCCOC(=O)[C@@H]1CCCN1C(=O)OC(C)(C)C. The van der Waals surface area contributed by atoms with E-state index in [2.05, 4.69) is 13.8 Å². The zero-order valence-electron chi connectivity index (χ0n) is 28.0. The van der Waals surface area contributed by atoms with Crippen molar-refractivity contribution < 1.29 is 28.6 Å². The molecule has 0 aromatic rings. The second-order valence-electron chi connectivity index (χ2n) is 13.2. The van der Waals surface area contributed by atoms with Crippen molar-refractivity contribution in [3.8, 4) is 0 Å². The standard InChI is InChI=1S/C35H65NO6/c1-6-8-10-12-15-19-24-30(25-20-16-13-11-9-7-2)41-32(37)27-21-17-14-18-22-29-40-33(38)31-26-23-28-36(31)34(39)42-35(3,4)5/h30-31H,6-29H2,1-5H3/t31-/m0/s1. The van der Waals surface area contributed by atoms with E-state index in [-0.39, 0.29) is 18.0 Å². The molecule has 7 nitrogen and oxygen atoms in total. The molecule has 0 unspecified atom stereocenters. The Labute approximate surface area is 258 Å². The molecule has 0 bridgehead atoms. The molecule has 0 aliphatic carbocycles. The van der Waals surface area contributed by atoms with Gasteiger partial charge in [0.05, 0.1) is 6.61 Å². The molecular formula is C35H65NO6. The van der Waals surface area contributed by atoms with Gasteiger partial charge in [0.25, 0.3) is 0 Å². The average molecular weight is 596 g/mol. The van der Waals surface area contributed by atoms with Gasteiger partial charge in [0.15, 0.2) is 0 Å². The van der Waals surface area contributed by atoms with Crippen molar-refractivity contribution in [2.75, 3.05) is 13.2 Å². The second-order valence-corrected chi connectivity index (χ2v) is 13.2. The summed E-state index contributed by atoms with van der Waals surface area (Å²) >= 11 is 0. The van der Waals surface area contributed by atoms with E-state index in [9.17, 15) is 14.4 Å². The van der Waals surface area contributed by atoms with Gasteiger partial charge in [-0.3, -0.25) is 9.69 Å². The first-order chi connectivity index (χ1) is 20.2. The summed E-state index contributed by atoms with van der Waals surface area (Å²) in [7, 11) is 0. The minimum Gasteiger partial charge on any atom is -0.464 e. The van der Waals surface area contributed by atoms with E-state index in [1.807, 2.05) is 20.8 Å². The van der Waals surface area contributed by atoms with Crippen molar-refractivity contribution in [1.29, 1.82) is 0 Å². The van der Waals surface area contributed by atoms with Gasteiger partial charge >= 0.3 is 18.0 Å². The number of rotatable bonds is 24. The van der Waals surface area contributed by atoms with E-state index < -0.39 is 17.7 Å². The van der Waals surface area contributed by atoms with Gasteiger partial charge in [-0.15, -0.1) is 0 Å². The molecule has 0 aromatic heterocycles. The molecule has 1 rings (SSSR count). The molecule has 1 aliphatic rings. The molecule has 1 saturated heterocycles. The van der Waals surface area contributed by atoms with Gasteiger partial charge < -0.3 is 14.2 Å². The molecule has 42 heavy (non-hydrogen) atoms. The molecule has 0 N–H and O–H groups in total. The zero-order valence-corrected chi connectivity index (χ0v) is 28.0. The van der Waals surface area contributed by atoms with Crippen molar-refractivity contribution in [3.05, 3.63) is 0 Å². The number of amides is 1. The van der Waals surface area contributed by atoms with E-state index in [1.165, 1.54) is 69.1 Å². The van der Waals surface area contributed by atoms with E-state index >= 15 is 0 Å². The lowest BCUT2D eigenvalue weighted by Gasteiger charge is -2.27. The molecular weight excluding hydrogens is 530 g/mol. The smallest absolute Gasteiger partial charge is 0.411 e. The van der Waals surface area contributed by atoms with E-state index in [0.717, 1.165) is 64.2 Å². The number of ether oxygens (including phenoxy) is 3. The van der Waals surface area contributed by atoms with Crippen LogP contribution in [0.1, 0.15) is 176 Å². The highest BCUT2D eigenvalue weighted by atomic mass is 16.6. The lowest BCUT2D eigenvalue weighted by atomic mass is 10.0. The van der Waals surface area contributed by atoms with Crippen LogP contribution in [0.5, 0.6) is 0 Å². The summed E-state index contributed by atoms with van der Waals surface area (Å²) < 4.78 is 16.9. The minimum absolute atomic E-state index is 0.0444. The molecule has 1 aliphatic heterocycles. The molecule has 246 valence electrons. The second kappa shape index (κ2) is 23.6. The van der Waals surface area contributed by atoms with E-state index in [0.29, 0.717) is 26.0 Å². The summed E-state index contributed by atoms with van der Waals surface area (Å²) in [6.45, 7) is 10.8. The number of likely N-dealkylation sites (tertiary alicyclic amines) is 1. The van der Waals surface area contributed by atoms with Gasteiger partial charge in [0.1, 0.15) is 17.7 Å². The first-order valence-electron chi connectivity index (χ1n) is 17.5. The Morgan fingerprint density at radius 3 is 1.83 bits per heavy atom. The summed E-state index contributed by atoms with van der Waals surface area (Å²) in [4.78, 5) is 39.0. The molecule has 1 heterocycles. The number of hydrogen-bond acceptors (Lipinski definition) is 6. The number of nitrogens with zero attached hydrogens (tertiary/aromatic N) is 1. The van der Waals surface area contributed by atoms with Crippen molar-refractivity contribution in [3.63, 3.8) is 0 Å². The summed E-state index contributed by atoms with van der Waals surface area (Å²) in [5.74, 6) is -0.380. The monoisotopic (exact) mass is 595 g/mol. The largest absolute Gasteiger partial charge is 0.464 e. The highest BCUT2D eigenvalue weighted by molar-refractivity contribution is 5.82. The highest BCUT2D eigenvalue weighted by Crippen LogP contribution is 2.22. The Morgan fingerprint density at radius 2 is 1.26 bits per heavy atom. The van der Waals surface area contributed by atoms with Gasteiger partial charge in [-0.05, 0) is 72.1 Å².